The highest BCUT2D eigenvalue weighted by molar-refractivity contribution is 5.95. The number of carbonyl (C=O) groups excluding carboxylic acids is 1. The number of halogens is 1. The fourth-order valence-electron chi connectivity index (χ4n) is 1.60. The summed E-state index contributed by atoms with van der Waals surface area (Å²) in [4.78, 5) is 15.4. The molecule has 1 fully saturated rings. The normalized spacial score (nSPS) is 15.6. The Balaban J connectivity index is 2.32. The van der Waals surface area contributed by atoms with Crippen LogP contribution < -0.4 is 4.90 Å². The van der Waals surface area contributed by atoms with E-state index in [-0.39, 0.29) is 23.9 Å². The number of rotatable bonds is 2. The molecule has 0 saturated carbocycles. The zero-order chi connectivity index (χ0) is 12.3. The summed E-state index contributed by atoms with van der Waals surface area (Å²) in [7, 11) is 0. The molecule has 0 unspecified atom stereocenters. The molecule has 2 rings (SSSR count). The lowest BCUT2D eigenvalue weighted by Gasteiger charge is -2.27. The van der Waals surface area contributed by atoms with E-state index in [0.717, 1.165) is 6.07 Å². The lowest BCUT2D eigenvalue weighted by molar-refractivity contribution is -0.125. The van der Waals surface area contributed by atoms with Gasteiger partial charge in [0.25, 0.3) is 5.91 Å². The third-order valence-corrected chi connectivity index (χ3v) is 2.37. The molecule has 1 aliphatic rings. The van der Waals surface area contributed by atoms with E-state index < -0.39 is 5.82 Å². The van der Waals surface area contributed by atoms with E-state index in [1.165, 1.54) is 17.0 Å². The van der Waals surface area contributed by atoms with Crippen LogP contribution in [0.1, 0.15) is 0 Å². The number of hydrogen-bond donors (Lipinski definition) is 0. The van der Waals surface area contributed by atoms with Crippen LogP contribution in [0.4, 0.5) is 15.8 Å². The molecular weight excluding hydrogens is 227 g/mol. The minimum absolute atomic E-state index is 0.0441. The number of anilines is 1. The Morgan fingerprint density at radius 1 is 1.53 bits per heavy atom. The van der Waals surface area contributed by atoms with Crippen molar-refractivity contribution in [1.29, 1.82) is 0 Å². The van der Waals surface area contributed by atoms with Crippen LogP contribution in [0, 0.1) is 5.82 Å². The summed E-state index contributed by atoms with van der Waals surface area (Å²) in [5.74, 6) is -0.878. The van der Waals surface area contributed by atoms with Crippen molar-refractivity contribution in [3.05, 3.63) is 34.5 Å². The van der Waals surface area contributed by atoms with Crippen LogP contribution in [0.3, 0.4) is 0 Å². The third-order valence-electron chi connectivity index (χ3n) is 2.37. The first-order chi connectivity index (χ1) is 8.22. The summed E-state index contributed by atoms with van der Waals surface area (Å²) in [5.41, 5.74) is 8.58. The van der Waals surface area contributed by atoms with Crippen LogP contribution >= 0.6 is 0 Å². The van der Waals surface area contributed by atoms with Gasteiger partial charge >= 0.3 is 0 Å². The van der Waals surface area contributed by atoms with Crippen molar-refractivity contribution in [3.8, 4) is 0 Å². The monoisotopic (exact) mass is 236 g/mol. The molecule has 1 aliphatic heterocycles. The number of hydrogen-bond acceptors (Lipinski definition) is 3. The van der Waals surface area contributed by atoms with E-state index in [0.29, 0.717) is 13.2 Å². The first kappa shape index (κ1) is 11.4. The van der Waals surface area contributed by atoms with Gasteiger partial charge in [0.05, 0.1) is 12.3 Å². The molecule has 1 aromatic carbocycles. The van der Waals surface area contributed by atoms with Crippen molar-refractivity contribution in [2.24, 2.45) is 5.11 Å². The summed E-state index contributed by atoms with van der Waals surface area (Å²) in [5, 5.41) is 3.29. The van der Waals surface area contributed by atoms with Crippen LogP contribution in [0.5, 0.6) is 0 Å². The number of ether oxygens (including phenoxy) is 1. The average Bonchev–Trinajstić information content (AvgIpc) is 2.31. The second kappa shape index (κ2) is 4.82. The molecule has 0 N–H and O–H groups in total. The van der Waals surface area contributed by atoms with Gasteiger partial charge < -0.3 is 9.64 Å². The summed E-state index contributed by atoms with van der Waals surface area (Å²) < 4.78 is 18.7. The van der Waals surface area contributed by atoms with Gasteiger partial charge in [0.2, 0.25) is 0 Å². The number of azide groups is 1. The zero-order valence-corrected chi connectivity index (χ0v) is 8.84. The molecule has 0 aromatic heterocycles. The first-order valence-corrected chi connectivity index (χ1v) is 4.95. The van der Waals surface area contributed by atoms with E-state index in [9.17, 15) is 9.18 Å². The smallest absolute Gasteiger partial charge is 0.253 e. The van der Waals surface area contributed by atoms with Crippen molar-refractivity contribution >= 4 is 17.3 Å². The topological polar surface area (TPSA) is 78.3 Å². The number of carbonyl (C=O) groups is 1. The van der Waals surface area contributed by atoms with Gasteiger partial charge in [-0.25, -0.2) is 4.39 Å². The van der Waals surface area contributed by atoms with E-state index in [1.807, 2.05) is 0 Å². The van der Waals surface area contributed by atoms with Crippen molar-refractivity contribution in [3.63, 3.8) is 0 Å². The predicted molar refractivity (Wildman–Crippen MR) is 58.4 cm³/mol. The molecule has 0 bridgehead atoms. The molecule has 0 atom stereocenters. The van der Waals surface area contributed by atoms with Crippen LogP contribution in [-0.2, 0) is 9.53 Å². The van der Waals surface area contributed by atoms with Crippen molar-refractivity contribution in [1.82, 2.24) is 0 Å². The largest absolute Gasteiger partial charge is 0.370 e. The van der Waals surface area contributed by atoms with E-state index >= 15 is 0 Å². The van der Waals surface area contributed by atoms with Crippen LogP contribution in [0.2, 0.25) is 0 Å². The SMILES string of the molecule is [N-]=[N+]=Nc1ccc(N2CCOCC2=O)c(F)c1. The number of benzene rings is 1. The number of morpholine rings is 1. The van der Waals surface area contributed by atoms with Gasteiger partial charge in [-0.3, -0.25) is 4.79 Å². The third kappa shape index (κ3) is 2.35. The average molecular weight is 236 g/mol. The Kier molecular flexibility index (Phi) is 3.22. The maximum Gasteiger partial charge on any atom is 0.253 e. The van der Waals surface area contributed by atoms with Gasteiger partial charge in [-0.2, -0.15) is 0 Å². The Bertz CT molecular complexity index is 499. The van der Waals surface area contributed by atoms with E-state index in [2.05, 4.69) is 10.0 Å². The number of nitrogens with zero attached hydrogens (tertiary/aromatic N) is 4. The van der Waals surface area contributed by atoms with E-state index in [1.54, 1.807) is 0 Å². The highest BCUT2D eigenvalue weighted by Crippen LogP contribution is 2.25. The molecule has 0 spiro atoms. The molecule has 1 amide bonds. The summed E-state index contributed by atoms with van der Waals surface area (Å²) in [6, 6.07) is 3.97. The standard InChI is InChI=1S/C10H9FN4O2/c11-8-5-7(13-14-12)1-2-9(8)15-3-4-17-6-10(15)16/h1-2,5H,3-4,6H2. The lowest BCUT2D eigenvalue weighted by atomic mass is 10.2. The number of amides is 1. The fraction of sp³-hybridized carbons (Fsp3) is 0.300. The molecule has 1 heterocycles. The maximum atomic E-state index is 13.7. The van der Waals surface area contributed by atoms with Crippen molar-refractivity contribution in [2.45, 2.75) is 0 Å². The van der Waals surface area contributed by atoms with Crippen LogP contribution in [0.25, 0.3) is 10.4 Å². The summed E-state index contributed by atoms with van der Waals surface area (Å²) in [6.07, 6.45) is 0. The fourth-order valence-corrected chi connectivity index (χ4v) is 1.60. The predicted octanol–water partition coefficient (Wildman–Crippen LogP) is 2.13. The molecule has 7 heteroatoms. The second-order valence-corrected chi connectivity index (χ2v) is 3.42. The molecule has 0 aliphatic carbocycles. The molecule has 1 saturated heterocycles. The highest BCUT2D eigenvalue weighted by Gasteiger charge is 2.22. The Labute approximate surface area is 96.2 Å². The van der Waals surface area contributed by atoms with Crippen molar-refractivity contribution in [2.75, 3.05) is 24.7 Å². The minimum Gasteiger partial charge on any atom is -0.370 e. The molecule has 88 valence electrons. The molecule has 17 heavy (non-hydrogen) atoms. The van der Waals surface area contributed by atoms with E-state index in [4.69, 9.17) is 10.3 Å². The lowest BCUT2D eigenvalue weighted by Crippen LogP contribution is -2.42. The van der Waals surface area contributed by atoms with Gasteiger partial charge in [0.1, 0.15) is 12.4 Å². The Morgan fingerprint density at radius 3 is 3.00 bits per heavy atom. The van der Waals surface area contributed by atoms with Gasteiger partial charge in [-0.05, 0) is 17.7 Å². The molecule has 0 radical (unpaired) electrons. The molecular formula is C10H9FN4O2. The molecule has 6 nitrogen and oxygen atoms in total. The second-order valence-electron chi connectivity index (χ2n) is 3.42. The van der Waals surface area contributed by atoms with Crippen molar-refractivity contribution < 1.29 is 13.9 Å². The zero-order valence-electron chi connectivity index (χ0n) is 8.84. The highest BCUT2D eigenvalue weighted by atomic mass is 19.1. The van der Waals surface area contributed by atoms with Gasteiger partial charge in [0.15, 0.2) is 0 Å². The minimum atomic E-state index is -0.592. The summed E-state index contributed by atoms with van der Waals surface area (Å²) in [6.45, 7) is 0.650. The van der Waals surface area contributed by atoms with Gasteiger partial charge in [-0.1, -0.05) is 11.2 Å². The van der Waals surface area contributed by atoms with Crippen LogP contribution in [-0.4, -0.2) is 25.7 Å². The van der Waals surface area contributed by atoms with Gasteiger partial charge in [-0.15, -0.1) is 0 Å². The summed E-state index contributed by atoms with van der Waals surface area (Å²) >= 11 is 0. The quantitative estimate of drug-likeness (QED) is 0.448. The Morgan fingerprint density at radius 2 is 2.35 bits per heavy atom. The van der Waals surface area contributed by atoms with Gasteiger partial charge in [0, 0.05) is 17.1 Å². The van der Waals surface area contributed by atoms with Crippen LogP contribution in [0.15, 0.2) is 23.3 Å². The maximum absolute atomic E-state index is 13.7. The molecule has 1 aromatic rings. The Hall–Kier alpha value is -2.11. The first-order valence-electron chi connectivity index (χ1n) is 4.95.